The van der Waals surface area contributed by atoms with E-state index in [9.17, 15) is 9.59 Å². The molecular weight excluding hydrogens is 458 g/mol. The highest BCUT2D eigenvalue weighted by atomic mass is 16.5. The van der Waals surface area contributed by atoms with Crippen molar-refractivity contribution >= 4 is 28.4 Å². The van der Waals surface area contributed by atoms with Gasteiger partial charge in [0.25, 0.3) is 0 Å². The first kappa shape index (κ1) is 22.5. The van der Waals surface area contributed by atoms with E-state index in [2.05, 4.69) is 20.0 Å². The summed E-state index contributed by atoms with van der Waals surface area (Å²) in [6.45, 7) is 4.40. The number of amides is 2. The average molecular weight is 488 g/mol. The molecule has 0 aliphatic carbocycles. The van der Waals surface area contributed by atoms with Crippen LogP contribution in [-0.4, -0.2) is 98.5 Å². The molecule has 4 aromatic rings. The molecule has 2 saturated heterocycles. The Bertz CT molecular complexity index is 1430. The van der Waals surface area contributed by atoms with E-state index in [1.54, 1.807) is 11.6 Å². The maximum absolute atomic E-state index is 13.2. The zero-order valence-corrected chi connectivity index (χ0v) is 20.3. The van der Waals surface area contributed by atoms with Gasteiger partial charge in [0, 0.05) is 74.7 Å². The van der Waals surface area contributed by atoms with Crippen molar-refractivity contribution in [2.24, 2.45) is 0 Å². The molecular formula is C26H29N7O3. The Kier molecular flexibility index (Phi) is 5.80. The Morgan fingerprint density at radius 3 is 2.58 bits per heavy atom. The summed E-state index contributed by atoms with van der Waals surface area (Å²) in [6, 6.07) is 9.82. The molecule has 0 spiro atoms. The number of methoxy groups -OCH3 is 1. The number of rotatable bonds is 5. The van der Waals surface area contributed by atoms with E-state index < -0.39 is 0 Å². The van der Waals surface area contributed by atoms with Gasteiger partial charge in [0.2, 0.25) is 11.8 Å². The number of ether oxygens (including phenoxy) is 1. The summed E-state index contributed by atoms with van der Waals surface area (Å²) in [7, 11) is 1.64. The predicted octanol–water partition coefficient (Wildman–Crippen LogP) is 1.36. The minimum atomic E-state index is 0.104. The zero-order chi connectivity index (χ0) is 24.6. The second-order valence-corrected chi connectivity index (χ2v) is 9.55. The topological polar surface area (TPSA) is 99.1 Å². The Morgan fingerprint density at radius 2 is 1.81 bits per heavy atom. The minimum Gasteiger partial charge on any atom is -0.497 e. The standard InChI is InChI=1S/C26H29N7O3/c1-36-21-3-4-22-19(13-27-23(22)12-21)11-26(35)32-9-7-30-6-8-31(15-20(30)16-32)25(34)10-18-2-5-24-28-17-29-33(24)14-18/h2-5,12-14,17,20,27H,6-11,15-16H2,1H3/t20-/m0/s1. The van der Waals surface area contributed by atoms with Gasteiger partial charge in [-0.25, -0.2) is 9.50 Å². The number of carbonyl (C=O) groups is 2. The van der Waals surface area contributed by atoms with E-state index in [0.717, 1.165) is 53.1 Å². The molecule has 6 rings (SSSR count). The second kappa shape index (κ2) is 9.27. The third kappa shape index (κ3) is 4.28. The maximum Gasteiger partial charge on any atom is 0.227 e. The number of aromatic amines is 1. The molecule has 186 valence electrons. The first-order chi connectivity index (χ1) is 17.6. The van der Waals surface area contributed by atoms with E-state index >= 15 is 0 Å². The summed E-state index contributed by atoms with van der Waals surface area (Å²) in [5.74, 6) is 1.01. The van der Waals surface area contributed by atoms with Crippen LogP contribution in [0.15, 0.2) is 49.1 Å². The zero-order valence-electron chi connectivity index (χ0n) is 20.3. The third-order valence-electron chi connectivity index (χ3n) is 7.41. The molecule has 1 aromatic carbocycles. The highest BCUT2D eigenvalue weighted by Crippen LogP contribution is 2.25. The number of nitrogens with one attached hydrogen (secondary N) is 1. The van der Waals surface area contributed by atoms with E-state index in [1.807, 2.05) is 52.5 Å². The molecule has 1 atom stereocenters. The lowest BCUT2D eigenvalue weighted by molar-refractivity contribution is -0.138. The number of hydrogen-bond acceptors (Lipinski definition) is 6. The Hall–Kier alpha value is -3.92. The highest BCUT2D eigenvalue weighted by Gasteiger charge is 2.35. The lowest BCUT2D eigenvalue weighted by Gasteiger charge is -2.47. The Labute approximate surface area is 208 Å². The van der Waals surface area contributed by atoms with Crippen molar-refractivity contribution in [3.8, 4) is 5.75 Å². The van der Waals surface area contributed by atoms with E-state index in [0.29, 0.717) is 32.5 Å². The maximum atomic E-state index is 13.2. The number of benzene rings is 1. The summed E-state index contributed by atoms with van der Waals surface area (Å²) in [6.07, 6.45) is 5.96. The lowest BCUT2D eigenvalue weighted by atomic mass is 10.1. The van der Waals surface area contributed by atoms with Gasteiger partial charge in [-0.1, -0.05) is 6.07 Å². The van der Waals surface area contributed by atoms with Crippen LogP contribution in [0.5, 0.6) is 5.75 Å². The van der Waals surface area contributed by atoms with Crippen LogP contribution in [0, 0.1) is 0 Å². The van der Waals surface area contributed by atoms with Gasteiger partial charge in [0.1, 0.15) is 12.1 Å². The van der Waals surface area contributed by atoms with Crippen LogP contribution in [0.25, 0.3) is 16.6 Å². The highest BCUT2D eigenvalue weighted by molar-refractivity contribution is 5.89. The molecule has 0 saturated carbocycles. The first-order valence-electron chi connectivity index (χ1n) is 12.3. The van der Waals surface area contributed by atoms with E-state index in [-0.39, 0.29) is 17.9 Å². The van der Waals surface area contributed by atoms with Crippen molar-refractivity contribution in [1.82, 2.24) is 34.3 Å². The van der Waals surface area contributed by atoms with Gasteiger partial charge in [-0.15, -0.1) is 0 Å². The van der Waals surface area contributed by atoms with Gasteiger partial charge in [0.05, 0.1) is 20.0 Å². The molecule has 0 unspecified atom stereocenters. The lowest BCUT2D eigenvalue weighted by Crippen LogP contribution is -2.63. The molecule has 2 amide bonds. The van der Waals surface area contributed by atoms with Crippen LogP contribution in [0.3, 0.4) is 0 Å². The van der Waals surface area contributed by atoms with Gasteiger partial charge in [-0.05, 0) is 29.3 Å². The normalized spacial score (nSPS) is 18.5. The number of aromatic nitrogens is 4. The van der Waals surface area contributed by atoms with Crippen LogP contribution in [0.2, 0.25) is 0 Å². The fraction of sp³-hybridized carbons (Fsp3) is 0.385. The number of piperazine rings is 2. The van der Waals surface area contributed by atoms with Gasteiger partial charge in [-0.3, -0.25) is 14.5 Å². The number of H-pyrrole nitrogens is 1. The molecule has 0 bridgehead atoms. The van der Waals surface area contributed by atoms with Crippen molar-refractivity contribution in [2.45, 2.75) is 18.9 Å². The largest absolute Gasteiger partial charge is 0.497 e. The predicted molar refractivity (Wildman–Crippen MR) is 134 cm³/mol. The SMILES string of the molecule is COc1ccc2c(CC(=O)N3CCN4CCN(C(=O)Cc5ccc6ncnn6c5)C[C@H]4C3)c[nH]c2c1. The van der Waals surface area contributed by atoms with Gasteiger partial charge < -0.3 is 19.5 Å². The van der Waals surface area contributed by atoms with Crippen molar-refractivity contribution in [1.29, 1.82) is 0 Å². The Balaban J connectivity index is 1.08. The molecule has 5 heterocycles. The number of fused-ring (bicyclic) bond motifs is 3. The monoisotopic (exact) mass is 487 g/mol. The molecule has 0 radical (unpaired) electrons. The van der Waals surface area contributed by atoms with Gasteiger partial charge >= 0.3 is 0 Å². The number of nitrogens with zero attached hydrogens (tertiary/aromatic N) is 6. The third-order valence-corrected chi connectivity index (χ3v) is 7.41. The van der Waals surface area contributed by atoms with Crippen molar-refractivity contribution < 1.29 is 14.3 Å². The smallest absolute Gasteiger partial charge is 0.227 e. The van der Waals surface area contributed by atoms with Crippen molar-refractivity contribution in [3.05, 3.63) is 60.2 Å². The van der Waals surface area contributed by atoms with E-state index in [1.165, 1.54) is 6.33 Å². The van der Waals surface area contributed by atoms with Crippen LogP contribution in [-0.2, 0) is 22.4 Å². The molecule has 2 aliphatic rings. The van der Waals surface area contributed by atoms with Crippen molar-refractivity contribution in [2.75, 3.05) is 46.4 Å². The number of hydrogen-bond donors (Lipinski definition) is 1. The second-order valence-electron chi connectivity index (χ2n) is 9.55. The van der Waals surface area contributed by atoms with Gasteiger partial charge in [-0.2, -0.15) is 5.10 Å². The Morgan fingerprint density at radius 1 is 1.03 bits per heavy atom. The summed E-state index contributed by atoms with van der Waals surface area (Å²) >= 11 is 0. The fourth-order valence-corrected chi connectivity index (χ4v) is 5.37. The number of carbonyl (C=O) groups excluding carboxylic acids is 2. The van der Waals surface area contributed by atoms with E-state index in [4.69, 9.17) is 4.74 Å². The first-order valence-corrected chi connectivity index (χ1v) is 12.3. The molecule has 2 fully saturated rings. The summed E-state index contributed by atoms with van der Waals surface area (Å²) in [5.41, 5.74) is 3.63. The summed E-state index contributed by atoms with van der Waals surface area (Å²) < 4.78 is 6.99. The van der Waals surface area contributed by atoms with Crippen LogP contribution in [0.4, 0.5) is 0 Å². The van der Waals surface area contributed by atoms with Crippen molar-refractivity contribution in [3.63, 3.8) is 0 Å². The van der Waals surface area contributed by atoms with Crippen LogP contribution >= 0.6 is 0 Å². The van der Waals surface area contributed by atoms with Gasteiger partial charge in [0.15, 0.2) is 5.65 Å². The molecule has 1 N–H and O–H groups in total. The fourth-order valence-electron chi connectivity index (χ4n) is 5.37. The van der Waals surface area contributed by atoms with Crippen LogP contribution < -0.4 is 4.74 Å². The quantitative estimate of drug-likeness (QED) is 0.457. The van der Waals surface area contributed by atoms with Crippen LogP contribution in [0.1, 0.15) is 11.1 Å². The molecule has 10 nitrogen and oxygen atoms in total. The summed E-state index contributed by atoms with van der Waals surface area (Å²) in [5, 5.41) is 5.20. The molecule has 36 heavy (non-hydrogen) atoms. The average Bonchev–Trinajstić information content (AvgIpc) is 3.54. The molecule has 2 aliphatic heterocycles. The molecule has 3 aromatic heterocycles. The summed E-state index contributed by atoms with van der Waals surface area (Å²) in [4.78, 5) is 40.0. The minimum absolute atomic E-state index is 0.104. The molecule has 10 heteroatoms. The number of pyridine rings is 1.